The van der Waals surface area contributed by atoms with Crippen LogP contribution in [0.4, 0.5) is 0 Å². The predicted octanol–water partition coefficient (Wildman–Crippen LogP) is 1.80. The predicted molar refractivity (Wildman–Crippen MR) is 74.3 cm³/mol. The lowest BCUT2D eigenvalue weighted by molar-refractivity contribution is 0.184. The molecular formula is C12H19N5O2S. The molecule has 0 aliphatic heterocycles. The molecule has 20 heavy (non-hydrogen) atoms. The normalized spacial score (nSPS) is 11.4. The van der Waals surface area contributed by atoms with Crippen molar-refractivity contribution in [1.29, 1.82) is 0 Å². The molecule has 0 aromatic carbocycles. The Morgan fingerprint density at radius 3 is 3.05 bits per heavy atom. The maximum absolute atomic E-state index is 5.22. The lowest BCUT2D eigenvalue weighted by atomic mass is 10.1. The third-order valence-electron chi connectivity index (χ3n) is 2.54. The summed E-state index contributed by atoms with van der Waals surface area (Å²) in [5, 5.41) is 12.8. The number of nitrogens with zero attached hydrogens (tertiary/aromatic N) is 5. The maximum atomic E-state index is 5.22. The number of hydrogen-bond acceptors (Lipinski definition) is 7. The Morgan fingerprint density at radius 2 is 2.30 bits per heavy atom. The fourth-order valence-electron chi connectivity index (χ4n) is 1.62. The minimum absolute atomic E-state index is 0.519. The highest BCUT2D eigenvalue weighted by molar-refractivity contribution is 7.98. The lowest BCUT2D eigenvalue weighted by Gasteiger charge is -2.03. The molecule has 0 saturated heterocycles. The topological polar surface area (TPSA) is 78.9 Å². The minimum Gasteiger partial charge on any atom is -0.383 e. The van der Waals surface area contributed by atoms with Gasteiger partial charge in [0.15, 0.2) is 11.0 Å². The van der Waals surface area contributed by atoms with E-state index in [-0.39, 0.29) is 0 Å². The lowest BCUT2D eigenvalue weighted by Crippen LogP contribution is -2.04. The number of thioether (sulfide) groups is 1. The molecule has 0 spiro atoms. The van der Waals surface area contributed by atoms with Gasteiger partial charge in [0.1, 0.15) is 6.33 Å². The van der Waals surface area contributed by atoms with Crippen LogP contribution in [-0.4, -0.2) is 38.6 Å². The second kappa shape index (κ2) is 7.39. The van der Waals surface area contributed by atoms with Gasteiger partial charge in [-0.1, -0.05) is 30.8 Å². The van der Waals surface area contributed by atoms with E-state index in [1.54, 1.807) is 13.4 Å². The summed E-state index contributed by atoms with van der Waals surface area (Å²) in [6, 6.07) is 0. The highest BCUT2D eigenvalue weighted by Gasteiger charge is 2.11. The fraction of sp³-hybridized carbons (Fsp3) is 0.667. The van der Waals surface area contributed by atoms with Gasteiger partial charge in [-0.25, -0.2) is 0 Å². The molecule has 8 heteroatoms. The van der Waals surface area contributed by atoms with Crippen molar-refractivity contribution in [3.63, 3.8) is 0 Å². The Morgan fingerprint density at radius 1 is 1.45 bits per heavy atom. The first kappa shape index (κ1) is 15.0. The van der Waals surface area contributed by atoms with E-state index in [1.165, 1.54) is 11.8 Å². The third-order valence-corrected chi connectivity index (χ3v) is 3.51. The van der Waals surface area contributed by atoms with Crippen LogP contribution in [0.3, 0.4) is 0 Å². The summed E-state index contributed by atoms with van der Waals surface area (Å²) < 4.78 is 12.2. The Kier molecular flexibility index (Phi) is 5.54. The monoisotopic (exact) mass is 297 g/mol. The van der Waals surface area contributed by atoms with Gasteiger partial charge in [0.2, 0.25) is 5.89 Å². The zero-order chi connectivity index (χ0) is 14.4. The number of ether oxygens (including phenoxy) is 1. The molecule has 2 heterocycles. The molecule has 0 aliphatic carbocycles. The molecule has 7 nitrogen and oxygen atoms in total. The first-order valence-electron chi connectivity index (χ1n) is 6.50. The van der Waals surface area contributed by atoms with Gasteiger partial charge in [-0.3, -0.25) is 0 Å². The molecule has 110 valence electrons. The minimum atomic E-state index is 0.519. The van der Waals surface area contributed by atoms with E-state index in [4.69, 9.17) is 9.26 Å². The number of methoxy groups -OCH3 is 1. The van der Waals surface area contributed by atoms with Crippen LogP contribution >= 0.6 is 11.8 Å². The zero-order valence-corrected chi connectivity index (χ0v) is 12.8. The average Bonchev–Trinajstić information content (AvgIpc) is 3.02. The van der Waals surface area contributed by atoms with Crippen molar-refractivity contribution < 1.29 is 9.26 Å². The quantitative estimate of drug-likeness (QED) is 0.687. The van der Waals surface area contributed by atoms with Crippen molar-refractivity contribution in [2.75, 3.05) is 13.7 Å². The van der Waals surface area contributed by atoms with Crippen molar-refractivity contribution in [3.8, 4) is 0 Å². The van der Waals surface area contributed by atoms with E-state index in [1.807, 2.05) is 4.57 Å². The van der Waals surface area contributed by atoms with Gasteiger partial charge in [0.05, 0.1) is 12.4 Å². The Hall–Kier alpha value is -1.41. The molecule has 2 aromatic rings. The molecule has 2 rings (SSSR count). The molecular weight excluding hydrogens is 278 g/mol. The van der Waals surface area contributed by atoms with Crippen LogP contribution in [0.1, 0.15) is 25.6 Å². The highest BCUT2D eigenvalue weighted by Crippen LogP contribution is 2.19. The van der Waals surface area contributed by atoms with Crippen molar-refractivity contribution in [1.82, 2.24) is 24.9 Å². The van der Waals surface area contributed by atoms with Gasteiger partial charge in [0.25, 0.3) is 0 Å². The average molecular weight is 297 g/mol. The second-order valence-corrected chi connectivity index (χ2v) is 5.73. The summed E-state index contributed by atoms with van der Waals surface area (Å²) in [4.78, 5) is 4.36. The van der Waals surface area contributed by atoms with E-state index in [0.29, 0.717) is 24.2 Å². The van der Waals surface area contributed by atoms with E-state index in [0.717, 1.165) is 23.9 Å². The standard InChI is InChI=1S/C12H19N5O2S/c1-9(2)6-10-14-11(19-16-10)7-20-12-15-13-8-17(12)4-5-18-3/h8-9H,4-7H2,1-3H3. The largest absolute Gasteiger partial charge is 0.383 e. The molecule has 0 saturated carbocycles. The summed E-state index contributed by atoms with van der Waals surface area (Å²) in [5.74, 6) is 2.49. The molecule has 0 bridgehead atoms. The van der Waals surface area contributed by atoms with Gasteiger partial charge >= 0.3 is 0 Å². The molecule has 0 amide bonds. The van der Waals surface area contributed by atoms with Crippen LogP contribution in [0.2, 0.25) is 0 Å². The third kappa shape index (κ3) is 4.31. The number of aromatic nitrogens is 5. The van der Waals surface area contributed by atoms with Crippen molar-refractivity contribution in [3.05, 3.63) is 18.0 Å². The summed E-state index contributed by atoms with van der Waals surface area (Å²) in [6.45, 7) is 5.62. The van der Waals surface area contributed by atoms with Gasteiger partial charge < -0.3 is 13.8 Å². The summed E-state index contributed by atoms with van der Waals surface area (Å²) in [6.07, 6.45) is 2.53. The highest BCUT2D eigenvalue weighted by atomic mass is 32.2. The molecule has 0 N–H and O–H groups in total. The molecule has 2 aromatic heterocycles. The van der Waals surface area contributed by atoms with Crippen LogP contribution in [0, 0.1) is 5.92 Å². The van der Waals surface area contributed by atoms with E-state index in [2.05, 4.69) is 34.2 Å². The first-order valence-corrected chi connectivity index (χ1v) is 7.48. The molecule has 0 aliphatic rings. The van der Waals surface area contributed by atoms with Crippen molar-refractivity contribution in [2.24, 2.45) is 5.92 Å². The van der Waals surface area contributed by atoms with Crippen LogP contribution in [0.25, 0.3) is 0 Å². The summed E-state index contributed by atoms with van der Waals surface area (Å²) >= 11 is 1.53. The Balaban J connectivity index is 1.88. The summed E-state index contributed by atoms with van der Waals surface area (Å²) in [7, 11) is 1.67. The Bertz CT molecular complexity index is 525. The van der Waals surface area contributed by atoms with Crippen LogP contribution in [-0.2, 0) is 23.5 Å². The second-order valence-electron chi connectivity index (χ2n) is 4.79. The van der Waals surface area contributed by atoms with Crippen molar-refractivity contribution >= 4 is 11.8 Å². The van der Waals surface area contributed by atoms with E-state index >= 15 is 0 Å². The van der Waals surface area contributed by atoms with Crippen molar-refractivity contribution in [2.45, 2.75) is 37.7 Å². The molecule has 0 unspecified atom stereocenters. The molecule has 0 radical (unpaired) electrons. The number of hydrogen-bond donors (Lipinski definition) is 0. The van der Waals surface area contributed by atoms with Gasteiger partial charge in [-0.2, -0.15) is 4.98 Å². The van der Waals surface area contributed by atoms with Crippen LogP contribution < -0.4 is 0 Å². The SMILES string of the molecule is COCCn1cnnc1SCc1nc(CC(C)C)no1. The first-order chi connectivity index (χ1) is 9.69. The zero-order valence-electron chi connectivity index (χ0n) is 11.9. The smallest absolute Gasteiger partial charge is 0.237 e. The number of rotatable bonds is 8. The summed E-state index contributed by atoms with van der Waals surface area (Å²) in [5.41, 5.74) is 0. The van der Waals surface area contributed by atoms with Crippen LogP contribution in [0.15, 0.2) is 16.0 Å². The van der Waals surface area contributed by atoms with E-state index < -0.39 is 0 Å². The molecule has 0 atom stereocenters. The van der Waals surface area contributed by atoms with E-state index in [9.17, 15) is 0 Å². The van der Waals surface area contributed by atoms with Gasteiger partial charge in [0, 0.05) is 20.1 Å². The Labute approximate surface area is 122 Å². The van der Waals surface area contributed by atoms with Gasteiger partial charge in [-0.15, -0.1) is 10.2 Å². The maximum Gasteiger partial charge on any atom is 0.237 e. The molecule has 0 fully saturated rings. The van der Waals surface area contributed by atoms with Crippen LogP contribution in [0.5, 0.6) is 0 Å². The van der Waals surface area contributed by atoms with Gasteiger partial charge in [-0.05, 0) is 5.92 Å². The fourth-order valence-corrected chi connectivity index (χ4v) is 2.40.